The second kappa shape index (κ2) is 7.20. The van der Waals surface area contributed by atoms with E-state index in [9.17, 15) is 4.79 Å². The van der Waals surface area contributed by atoms with Crippen molar-refractivity contribution in [3.63, 3.8) is 0 Å². The molecule has 0 unspecified atom stereocenters. The number of piperidine rings is 1. The van der Waals surface area contributed by atoms with Gasteiger partial charge in [-0.1, -0.05) is 28.1 Å². The monoisotopic (exact) mass is 340 g/mol. The SMILES string of the molecule is COC(=O)[C@H](NC1CCN(C)CC1)c1cccc(Br)c1. The van der Waals surface area contributed by atoms with Crippen LogP contribution in [0.4, 0.5) is 0 Å². The minimum Gasteiger partial charge on any atom is -0.468 e. The number of nitrogens with one attached hydrogen (secondary N) is 1. The number of rotatable bonds is 4. The van der Waals surface area contributed by atoms with Gasteiger partial charge >= 0.3 is 5.97 Å². The van der Waals surface area contributed by atoms with Gasteiger partial charge in [0.05, 0.1) is 7.11 Å². The first-order valence-electron chi connectivity index (χ1n) is 6.88. The summed E-state index contributed by atoms with van der Waals surface area (Å²) in [6.45, 7) is 2.12. The molecule has 0 radical (unpaired) electrons. The van der Waals surface area contributed by atoms with Gasteiger partial charge in [0.25, 0.3) is 0 Å². The van der Waals surface area contributed by atoms with Gasteiger partial charge in [-0.3, -0.25) is 5.32 Å². The summed E-state index contributed by atoms with van der Waals surface area (Å²) in [5.74, 6) is -0.234. The topological polar surface area (TPSA) is 41.6 Å². The minimum atomic E-state index is -0.397. The lowest BCUT2D eigenvalue weighted by molar-refractivity contribution is -0.143. The van der Waals surface area contributed by atoms with Crippen molar-refractivity contribution in [1.29, 1.82) is 0 Å². The fourth-order valence-electron chi connectivity index (χ4n) is 2.52. The van der Waals surface area contributed by atoms with E-state index in [4.69, 9.17) is 4.74 Å². The van der Waals surface area contributed by atoms with Gasteiger partial charge in [0, 0.05) is 10.5 Å². The highest BCUT2D eigenvalue weighted by molar-refractivity contribution is 9.10. The Balaban J connectivity index is 2.10. The summed E-state index contributed by atoms with van der Waals surface area (Å²) >= 11 is 3.45. The molecule has 0 amide bonds. The lowest BCUT2D eigenvalue weighted by atomic mass is 10.0. The van der Waals surface area contributed by atoms with E-state index < -0.39 is 6.04 Å². The Bertz CT molecular complexity index is 459. The predicted octanol–water partition coefficient (Wildman–Crippen LogP) is 2.35. The summed E-state index contributed by atoms with van der Waals surface area (Å²) in [5.41, 5.74) is 0.935. The molecule has 1 N–H and O–H groups in total. The van der Waals surface area contributed by atoms with E-state index in [0.29, 0.717) is 6.04 Å². The largest absolute Gasteiger partial charge is 0.468 e. The van der Waals surface area contributed by atoms with Crippen LogP contribution in [-0.4, -0.2) is 44.2 Å². The average Bonchev–Trinajstić information content (AvgIpc) is 2.46. The summed E-state index contributed by atoms with van der Waals surface area (Å²) in [4.78, 5) is 14.4. The molecule has 2 rings (SSSR count). The van der Waals surface area contributed by atoms with E-state index in [0.717, 1.165) is 36.0 Å². The molecular weight excluding hydrogens is 320 g/mol. The molecular formula is C15H21BrN2O2. The van der Waals surface area contributed by atoms with E-state index in [1.54, 1.807) is 0 Å². The molecule has 0 bridgehead atoms. The van der Waals surface area contributed by atoms with Gasteiger partial charge in [-0.2, -0.15) is 0 Å². The van der Waals surface area contributed by atoms with Crippen LogP contribution in [0.25, 0.3) is 0 Å². The van der Waals surface area contributed by atoms with E-state index in [1.807, 2.05) is 24.3 Å². The van der Waals surface area contributed by atoms with Crippen molar-refractivity contribution in [2.45, 2.75) is 24.9 Å². The normalized spacial score (nSPS) is 18.8. The molecule has 5 heteroatoms. The van der Waals surface area contributed by atoms with Crippen LogP contribution in [0.2, 0.25) is 0 Å². The number of nitrogens with zero attached hydrogens (tertiary/aromatic N) is 1. The molecule has 1 fully saturated rings. The summed E-state index contributed by atoms with van der Waals surface area (Å²) in [6.07, 6.45) is 2.11. The van der Waals surface area contributed by atoms with Crippen LogP contribution < -0.4 is 5.32 Å². The number of likely N-dealkylation sites (tertiary alicyclic amines) is 1. The number of hydrogen-bond acceptors (Lipinski definition) is 4. The maximum atomic E-state index is 12.1. The molecule has 4 nitrogen and oxygen atoms in total. The number of benzene rings is 1. The Morgan fingerprint density at radius 2 is 2.15 bits per heavy atom. The standard InChI is InChI=1S/C15H21BrN2O2/c1-18-8-6-13(7-9-18)17-14(15(19)20-2)11-4-3-5-12(16)10-11/h3-5,10,13-14,17H,6-9H2,1-2H3/t14-/m1/s1. The van der Waals surface area contributed by atoms with Gasteiger partial charge in [0.2, 0.25) is 0 Å². The van der Waals surface area contributed by atoms with Gasteiger partial charge in [0.15, 0.2) is 0 Å². The Morgan fingerprint density at radius 3 is 2.75 bits per heavy atom. The third kappa shape index (κ3) is 4.04. The zero-order valence-electron chi connectivity index (χ0n) is 11.9. The molecule has 1 aliphatic rings. The van der Waals surface area contributed by atoms with E-state index in [1.165, 1.54) is 7.11 Å². The van der Waals surface area contributed by atoms with E-state index in [-0.39, 0.29) is 5.97 Å². The predicted molar refractivity (Wildman–Crippen MR) is 82.6 cm³/mol. The van der Waals surface area contributed by atoms with E-state index in [2.05, 4.69) is 33.2 Å². The number of methoxy groups -OCH3 is 1. The van der Waals surface area contributed by atoms with Crippen LogP contribution in [0.5, 0.6) is 0 Å². The number of hydrogen-bond donors (Lipinski definition) is 1. The highest BCUT2D eigenvalue weighted by Crippen LogP contribution is 2.21. The van der Waals surface area contributed by atoms with Crippen molar-refractivity contribution in [1.82, 2.24) is 10.2 Å². The molecule has 1 atom stereocenters. The molecule has 0 aromatic heterocycles. The first-order valence-corrected chi connectivity index (χ1v) is 7.67. The molecule has 1 aromatic carbocycles. The number of carbonyl (C=O) groups excluding carboxylic acids is 1. The van der Waals surface area contributed by atoms with Crippen molar-refractivity contribution in [2.75, 3.05) is 27.2 Å². The van der Waals surface area contributed by atoms with Crippen molar-refractivity contribution in [2.24, 2.45) is 0 Å². The zero-order valence-corrected chi connectivity index (χ0v) is 13.5. The highest BCUT2D eigenvalue weighted by atomic mass is 79.9. The molecule has 20 heavy (non-hydrogen) atoms. The van der Waals surface area contributed by atoms with E-state index >= 15 is 0 Å². The van der Waals surface area contributed by atoms with Crippen molar-refractivity contribution in [3.8, 4) is 0 Å². The first kappa shape index (κ1) is 15.5. The third-order valence-corrected chi connectivity index (χ3v) is 4.23. The van der Waals surface area contributed by atoms with Crippen molar-refractivity contribution in [3.05, 3.63) is 34.3 Å². The van der Waals surface area contributed by atoms with Crippen molar-refractivity contribution < 1.29 is 9.53 Å². The number of carbonyl (C=O) groups is 1. The summed E-state index contributed by atoms with van der Waals surface area (Å²) < 4.78 is 5.91. The molecule has 0 spiro atoms. The Kier molecular flexibility index (Phi) is 5.57. The van der Waals surface area contributed by atoms with Crippen LogP contribution in [0.1, 0.15) is 24.4 Å². The molecule has 0 aliphatic carbocycles. The van der Waals surface area contributed by atoms with Crippen LogP contribution >= 0.6 is 15.9 Å². The second-order valence-electron chi connectivity index (χ2n) is 5.26. The maximum Gasteiger partial charge on any atom is 0.327 e. The Hall–Kier alpha value is -0.910. The fourth-order valence-corrected chi connectivity index (χ4v) is 2.93. The summed E-state index contributed by atoms with van der Waals surface area (Å²) in [5, 5.41) is 3.45. The Labute approximate surface area is 128 Å². The quantitative estimate of drug-likeness (QED) is 0.854. The van der Waals surface area contributed by atoms with Crippen LogP contribution in [0.15, 0.2) is 28.7 Å². The minimum absolute atomic E-state index is 0.234. The van der Waals surface area contributed by atoms with Gasteiger partial charge in [0.1, 0.15) is 6.04 Å². The summed E-state index contributed by atoms with van der Waals surface area (Å²) in [6, 6.07) is 7.76. The second-order valence-corrected chi connectivity index (χ2v) is 6.17. The van der Waals surface area contributed by atoms with Gasteiger partial charge in [-0.25, -0.2) is 4.79 Å². The highest BCUT2D eigenvalue weighted by Gasteiger charge is 2.26. The molecule has 0 saturated carbocycles. The van der Waals surface area contributed by atoms with Crippen molar-refractivity contribution >= 4 is 21.9 Å². The van der Waals surface area contributed by atoms with Crippen LogP contribution in [0.3, 0.4) is 0 Å². The smallest absolute Gasteiger partial charge is 0.327 e. The fraction of sp³-hybridized carbons (Fsp3) is 0.533. The van der Waals surface area contributed by atoms with Crippen LogP contribution in [-0.2, 0) is 9.53 Å². The van der Waals surface area contributed by atoms with Gasteiger partial charge < -0.3 is 9.64 Å². The first-order chi connectivity index (χ1) is 9.60. The zero-order chi connectivity index (χ0) is 14.5. The lowest BCUT2D eigenvalue weighted by Crippen LogP contribution is -2.44. The number of ether oxygens (including phenoxy) is 1. The third-order valence-electron chi connectivity index (χ3n) is 3.74. The molecule has 1 heterocycles. The number of halogens is 1. The lowest BCUT2D eigenvalue weighted by Gasteiger charge is -2.32. The molecule has 1 aliphatic heterocycles. The van der Waals surface area contributed by atoms with Gasteiger partial charge in [-0.05, 0) is 50.7 Å². The molecule has 1 aromatic rings. The molecule has 110 valence electrons. The van der Waals surface area contributed by atoms with Crippen LogP contribution in [0, 0.1) is 0 Å². The van der Waals surface area contributed by atoms with Gasteiger partial charge in [-0.15, -0.1) is 0 Å². The Morgan fingerprint density at radius 1 is 1.45 bits per heavy atom. The molecule has 1 saturated heterocycles. The summed E-state index contributed by atoms with van der Waals surface area (Å²) in [7, 11) is 3.56. The maximum absolute atomic E-state index is 12.1. The number of esters is 1. The average molecular weight is 341 g/mol.